The number of alkyl halides is 2. The number of carbonyl (C=O) groups excluding carboxylic acids is 1. The molecule has 1 aliphatic heterocycles. The molecule has 0 bridgehead atoms. The second kappa shape index (κ2) is 3.77. The summed E-state index contributed by atoms with van der Waals surface area (Å²) < 4.78 is 27.1. The fraction of sp³-hybridized carbons (Fsp3) is 0.583. The first-order valence-electron chi connectivity index (χ1n) is 5.78. The van der Waals surface area contributed by atoms with Gasteiger partial charge in [-0.25, -0.2) is 8.78 Å². The molecule has 0 N–H and O–H groups in total. The number of thiophene rings is 1. The fourth-order valence-corrected chi connectivity index (χ4v) is 3.62. The number of hydrogen-bond acceptors (Lipinski definition) is 2. The lowest BCUT2D eigenvalue weighted by Crippen LogP contribution is -2.32. The molecule has 1 aromatic rings. The third kappa shape index (κ3) is 1.76. The maximum Gasteiger partial charge on any atom is 0.263 e. The van der Waals surface area contributed by atoms with E-state index >= 15 is 0 Å². The molecule has 2 nitrogen and oxygen atoms in total. The molecular formula is C12H13F2NOS. The molecule has 0 aromatic carbocycles. The van der Waals surface area contributed by atoms with Crippen molar-refractivity contribution in [3.05, 3.63) is 22.4 Å². The molecule has 1 amide bonds. The zero-order valence-electron chi connectivity index (χ0n) is 9.23. The first-order chi connectivity index (χ1) is 8.08. The average molecular weight is 257 g/mol. The van der Waals surface area contributed by atoms with Crippen molar-refractivity contribution < 1.29 is 13.6 Å². The van der Waals surface area contributed by atoms with E-state index in [1.165, 1.54) is 11.3 Å². The van der Waals surface area contributed by atoms with Gasteiger partial charge in [0.25, 0.3) is 11.8 Å². The van der Waals surface area contributed by atoms with E-state index < -0.39 is 11.8 Å². The van der Waals surface area contributed by atoms with Gasteiger partial charge in [-0.1, -0.05) is 6.07 Å². The van der Waals surface area contributed by atoms with Crippen LogP contribution in [0.1, 0.15) is 22.5 Å². The third-order valence-corrected chi connectivity index (χ3v) is 4.71. The van der Waals surface area contributed by atoms with Crippen LogP contribution in [0.5, 0.6) is 0 Å². The van der Waals surface area contributed by atoms with E-state index in [1.54, 1.807) is 11.0 Å². The smallest absolute Gasteiger partial charge is 0.263 e. The van der Waals surface area contributed by atoms with Crippen molar-refractivity contribution in [2.75, 3.05) is 13.1 Å². The number of rotatable bonds is 1. The number of hydrogen-bond donors (Lipinski definition) is 0. The Labute approximate surface area is 102 Å². The highest BCUT2D eigenvalue weighted by Gasteiger charge is 2.54. The minimum Gasteiger partial charge on any atom is -0.337 e. The average Bonchev–Trinajstić information content (AvgIpc) is 2.97. The van der Waals surface area contributed by atoms with Crippen LogP contribution in [-0.2, 0) is 0 Å². The van der Waals surface area contributed by atoms with Gasteiger partial charge in [0.2, 0.25) is 0 Å². The van der Waals surface area contributed by atoms with Crippen LogP contribution in [0.2, 0.25) is 0 Å². The Balaban J connectivity index is 1.75. The van der Waals surface area contributed by atoms with E-state index in [0.29, 0.717) is 17.8 Å². The van der Waals surface area contributed by atoms with E-state index in [9.17, 15) is 13.6 Å². The molecule has 0 unspecified atom stereocenters. The first kappa shape index (κ1) is 11.1. The van der Waals surface area contributed by atoms with Crippen LogP contribution in [0.4, 0.5) is 8.78 Å². The van der Waals surface area contributed by atoms with E-state index in [4.69, 9.17) is 0 Å². The second-order valence-corrected chi connectivity index (χ2v) is 5.80. The molecule has 0 spiro atoms. The number of carbonyl (C=O) groups is 1. The molecule has 1 saturated carbocycles. The van der Waals surface area contributed by atoms with Gasteiger partial charge in [0.15, 0.2) is 0 Å². The van der Waals surface area contributed by atoms with Crippen LogP contribution in [0, 0.1) is 11.8 Å². The van der Waals surface area contributed by atoms with Crippen molar-refractivity contribution in [1.29, 1.82) is 0 Å². The molecule has 0 radical (unpaired) electrons. The van der Waals surface area contributed by atoms with E-state index in [1.807, 2.05) is 11.4 Å². The number of amides is 1. The molecular weight excluding hydrogens is 244 g/mol. The maximum atomic E-state index is 13.5. The number of nitrogens with zero attached hydrogens (tertiary/aromatic N) is 1. The normalized spacial score (nSPS) is 30.6. The minimum absolute atomic E-state index is 0.00564. The summed E-state index contributed by atoms with van der Waals surface area (Å²) in [5, 5.41) is 1.83. The highest BCUT2D eigenvalue weighted by Crippen LogP contribution is 2.48. The summed E-state index contributed by atoms with van der Waals surface area (Å²) >= 11 is 1.37. The maximum absolute atomic E-state index is 13.5. The van der Waals surface area contributed by atoms with Gasteiger partial charge in [-0.15, -0.1) is 11.3 Å². The molecule has 92 valence electrons. The van der Waals surface area contributed by atoms with Gasteiger partial charge >= 0.3 is 0 Å². The Kier molecular flexibility index (Phi) is 2.47. The molecule has 2 aliphatic rings. The Morgan fingerprint density at radius 2 is 2.29 bits per heavy atom. The van der Waals surface area contributed by atoms with Crippen molar-refractivity contribution in [1.82, 2.24) is 4.90 Å². The Hall–Kier alpha value is -0.970. The Bertz CT molecular complexity index is 432. The molecule has 1 aromatic heterocycles. The highest BCUT2D eigenvalue weighted by molar-refractivity contribution is 7.12. The van der Waals surface area contributed by atoms with Crippen LogP contribution >= 0.6 is 11.3 Å². The minimum atomic E-state index is -2.57. The molecule has 5 heteroatoms. The predicted octanol–water partition coefficient (Wildman–Crippen LogP) is 2.87. The third-order valence-electron chi connectivity index (χ3n) is 3.85. The molecule has 2 atom stereocenters. The summed E-state index contributed by atoms with van der Waals surface area (Å²) in [6.07, 6.45) is 0.537. The Morgan fingerprint density at radius 3 is 2.94 bits per heavy atom. The first-order valence-corrected chi connectivity index (χ1v) is 6.66. The Morgan fingerprint density at radius 1 is 1.47 bits per heavy atom. The largest absolute Gasteiger partial charge is 0.337 e. The summed E-state index contributed by atoms with van der Waals surface area (Å²) in [5.74, 6) is -3.29. The molecule has 3 rings (SSSR count). The number of fused-ring (bicyclic) bond motifs is 1. The predicted molar refractivity (Wildman–Crippen MR) is 61.4 cm³/mol. The van der Waals surface area contributed by atoms with Crippen molar-refractivity contribution in [3.63, 3.8) is 0 Å². The van der Waals surface area contributed by atoms with Gasteiger partial charge in [0, 0.05) is 25.4 Å². The van der Waals surface area contributed by atoms with E-state index in [0.717, 1.165) is 0 Å². The topological polar surface area (TPSA) is 20.3 Å². The lowest BCUT2D eigenvalue weighted by molar-refractivity contribution is -0.0389. The van der Waals surface area contributed by atoms with Crippen LogP contribution in [-0.4, -0.2) is 29.8 Å². The summed E-state index contributed by atoms with van der Waals surface area (Å²) in [7, 11) is 0. The second-order valence-electron chi connectivity index (χ2n) is 4.85. The van der Waals surface area contributed by atoms with Gasteiger partial charge in [0.05, 0.1) is 4.88 Å². The van der Waals surface area contributed by atoms with Gasteiger partial charge in [-0.3, -0.25) is 4.79 Å². The van der Waals surface area contributed by atoms with Crippen LogP contribution < -0.4 is 0 Å². The van der Waals surface area contributed by atoms with Crippen LogP contribution in [0.3, 0.4) is 0 Å². The standard InChI is InChI=1S/C12H13F2NOS/c13-12(14)4-3-8-6-15(7-9(8)12)11(16)10-2-1-5-17-10/h1-2,5,8-9H,3-4,6-7H2/t8-,9+/m0/s1. The van der Waals surface area contributed by atoms with Crippen molar-refractivity contribution >= 4 is 17.2 Å². The summed E-state index contributed by atoms with van der Waals surface area (Å²) in [5.41, 5.74) is 0. The summed E-state index contributed by atoms with van der Waals surface area (Å²) in [6, 6.07) is 3.56. The quantitative estimate of drug-likeness (QED) is 0.757. The zero-order valence-corrected chi connectivity index (χ0v) is 10.1. The van der Waals surface area contributed by atoms with Gasteiger partial charge < -0.3 is 4.90 Å². The van der Waals surface area contributed by atoms with Crippen LogP contribution in [0.25, 0.3) is 0 Å². The monoisotopic (exact) mass is 257 g/mol. The highest BCUT2D eigenvalue weighted by atomic mass is 32.1. The molecule has 1 saturated heterocycles. The lowest BCUT2D eigenvalue weighted by atomic mass is 9.99. The van der Waals surface area contributed by atoms with Gasteiger partial charge in [-0.2, -0.15) is 0 Å². The zero-order chi connectivity index (χ0) is 12.0. The molecule has 1 aliphatic carbocycles. The lowest BCUT2D eigenvalue weighted by Gasteiger charge is -2.19. The SMILES string of the molecule is O=C(c1cccs1)N1C[C@@H]2CCC(F)(F)[C@@H]2C1. The van der Waals surface area contributed by atoms with E-state index in [2.05, 4.69) is 0 Å². The molecule has 2 fully saturated rings. The van der Waals surface area contributed by atoms with E-state index in [-0.39, 0.29) is 24.8 Å². The molecule has 2 heterocycles. The molecule has 17 heavy (non-hydrogen) atoms. The van der Waals surface area contributed by atoms with Crippen molar-refractivity contribution in [2.45, 2.75) is 18.8 Å². The van der Waals surface area contributed by atoms with Crippen molar-refractivity contribution in [2.24, 2.45) is 11.8 Å². The van der Waals surface area contributed by atoms with Crippen LogP contribution in [0.15, 0.2) is 17.5 Å². The number of halogens is 2. The summed E-state index contributed by atoms with van der Waals surface area (Å²) in [4.78, 5) is 14.3. The van der Waals surface area contributed by atoms with Crippen molar-refractivity contribution in [3.8, 4) is 0 Å². The summed E-state index contributed by atoms with van der Waals surface area (Å²) in [6.45, 7) is 0.714. The van der Waals surface area contributed by atoms with Gasteiger partial charge in [0.1, 0.15) is 0 Å². The number of likely N-dealkylation sites (tertiary alicyclic amines) is 1. The fourth-order valence-electron chi connectivity index (χ4n) is 2.93. The van der Waals surface area contributed by atoms with Gasteiger partial charge in [-0.05, 0) is 23.8 Å².